The van der Waals surface area contributed by atoms with Crippen LogP contribution >= 0.6 is 11.6 Å². The number of nitrogens with zero attached hydrogens (tertiary/aromatic N) is 3. The van der Waals surface area contributed by atoms with Crippen molar-refractivity contribution >= 4 is 17.6 Å². The number of halogens is 1. The molecule has 1 aromatic heterocycles. The Kier molecular flexibility index (Phi) is 5.86. The lowest BCUT2D eigenvalue weighted by Crippen LogP contribution is -2.38. The van der Waals surface area contributed by atoms with Crippen LogP contribution in [0, 0.1) is 0 Å². The molecule has 0 saturated heterocycles. The summed E-state index contributed by atoms with van der Waals surface area (Å²) in [4.78, 5) is 18.1. The fourth-order valence-electron chi connectivity index (χ4n) is 2.34. The second kappa shape index (κ2) is 8.49. The number of hydrogen-bond donors (Lipinski definition) is 1. The van der Waals surface area contributed by atoms with E-state index in [9.17, 15) is 4.79 Å². The summed E-state index contributed by atoms with van der Waals surface area (Å²) in [6.07, 6.45) is 0.506. The van der Waals surface area contributed by atoms with E-state index in [2.05, 4.69) is 15.5 Å². The number of hydrogen-bond acceptors (Lipinski definition) is 4. The Balaban J connectivity index is 1.49. The van der Waals surface area contributed by atoms with Crippen molar-refractivity contribution in [1.82, 2.24) is 20.4 Å². The van der Waals surface area contributed by atoms with Crippen LogP contribution in [0.5, 0.6) is 0 Å². The monoisotopic (exact) mass is 370 g/mol. The molecule has 1 heterocycles. The molecular weight excluding hydrogens is 352 g/mol. The lowest BCUT2D eigenvalue weighted by molar-refractivity contribution is 0.208. The Morgan fingerprint density at radius 3 is 2.62 bits per heavy atom. The molecule has 2 amide bonds. The van der Waals surface area contributed by atoms with Crippen molar-refractivity contribution in [2.24, 2.45) is 0 Å². The van der Waals surface area contributed by atoms with Crippen LogP contribution < -0.4 is 5.32 Å². The zero-order valence-corrected chi connectivity index (χ0v) is 15.1. The molecule has 0 fully saturated rings. The third-order valence-corrected chi connectivity index (χ3v) is 4.12. The van der Waals surface area contributed by atoms with Crippen molar-refractivity contribution < 1.29 is 9.32 Å². The molecular formula is C19H19ClN4O2. The third-order valence-electron chi connectivity index (χ3n) is 3.86. The van der Waals surface area contributed by atoms with Crippen LogP contribution in [-0.2, 0) is 13.0 Å². The first kappa shape index (κ1) is 17.9. The van der Waals surface area contributed by atoms with Crippen molar-refractivity contribution in [1.29, 1.82) is 0 Å². The van der Waals surface area contributed by atoms with Crippen molar-refractivity contribution in [2.45, 2.75) is 13.0 Å². The van der Waals surface area contributed by atoms with E-state index >= 15 is 0 Å². The van der Waals surface area contributed by atoms with Gasteiger partial charge in [-0.2, -0.15) is 4.98 Å². The van der Waals surface area contributed by atoms with Crippen molar-refractivity contribution in [2.75, 3.05) is 13.6 Å². The average Bonchev–Trinajstić information content (AvgIpc) is 3.14. The molecule has 2 aromatic carbocycles. The third kappa shape index (κ3) is 4.83. The van der Waals surface area contributed by atoms with Crippen LogP contribution in [0.4, 0.5) is 4.79 Å². The first-order valence-electron chi connectivity index (χ1n) is 8.23. The van der Waals surface area contributed by atoms with Gasteiger partial charge in [0.15, 0.2) is 5.82 Å². The average molecular weight is 371 g/mol. The number of benzene rings is 2. The molecule has 3 aromatic rings. The predicted molar refractivity (Wildman–Crippen MR) is 99.8 cm³/mol. The maximum atomic E-state index is 12.1. The van der Waals surface area contributed by atoms with Crippen molar-refractivity contribution in [3.8, 4) is 11.5 Å². The van der Waals surface area contributed by atoms with Gasteiger partial charge < -0.3 is 14.7 Å². The summed E-state index contributed by atoms with van der Waals surface area (Å²) in [7, 11) is 1.74. The molecule has 3 rings (SSSR count). The van der Waals surface area contributed by atoms with E-state index in [1.165, 1.54) is 0 Å². The summed E-state index contributed by atoms with van der Waals surface area (Å²) < 4.78 is 5.27. The zero-order valence-electron chi connectivity index (χ0n) is 14.4. The van der Waals surface area contributed by atoms with Crippen LogP contribution in [0.15, 0.2) is 59.1 Å². The quantitative estimate of drug-likeness (QED) is 0.716. The van der Waals surface area contributed by atoms with Crippen LogP contribution in [0.3, 0.4) is 0 Å². The van der Waals surface area contributed by atoms with Gasteiger partial charge in [-0.05, 0) is 29.8 Å². The molecule has 0 bridgehead atoms. The van der Waals surface area contributed by atoms with E-state index < -0.39 is 0 Å². The fourth-order valence-corrected chi connectivity index (χ4v) is 2.47. The molecule has 0 unspecified atom stereocenters. The molecule has 0 atom stereocenters. The Hall–Kier alpha value is -2.86. The zero-order chi connectivity index (χ0) is 18.4. The first-order valence-corrected chi connectivity index (χ1v) is 8.61. The topological polar surface area (TPSA) is 71.3 Å². The second-order valence-corrected chi connectivity index (χ2v) is 6.27. The molecule has 0 spiro atoms. The maximum absolute atomic E-state index is 12.1. The highest BCUT2D eigenvalue weighted by Gasteiger charge is 2.12. The largest absolute Gasteiger partial charge is 0.334 e. The Bertz CT molecular complexity index is 849. The number of urea groups is 1. The van der Waals surface area contributed by atoms with Gasteiger partial charge >= 0.3 is 6.03 Å². The smallest absolute Gasteiger partial charge is 0.317 e. The highest BCUT2D eigenvalue weighted by Crippen LogP contribution is 2.19. The minimum Gasteiger partial charge on any atom is -0.334 e. The number of amides is 2. The number of nitrogens with one attached hydrogen (secondary N) is 1. The predicted octanol–water partition coefficient (Wildman–Crippen LogP) is 3.77. The number of carbonyl (C=O) groups excluding carboxylic acids is 1. The molecule has 26 heavy (non-hydrogen) atoms. The Morgan fingerprint density at radius 2 is 1.88 bits per heavy atom. The van der Waals surface area contributed by atoms with Gasteiger partial charge in [-0.1, -0.05) is 47.1 Å². The molecule has 0 aliphatic carbocycles. The Morgan fingerprint density at radius 1 is 1.15 bits per heavy atom. The van der Waals surface area contributed by atoms with E-state index in [0.29, 0.717) is 36.2 Å². The van der Waals surface area contributed by atoms with Gasteiger partial charge in [-0.25, -0.2) is 4.79 Å². The van der Waals surface area contributed by atoms with Gasteiger partial charge in [0.2, 0.25) is 0 Å². The van der Waals surface area contributed by atoms with Gasteiger partial charge in [0.25, 0.3) is 5.89 Å². The summed E-state index contributed by atoms with van der Waals surface area (Å²) in [5, 5.41) is 7.49. The SMILES string of the molecule is CN(CCc1noc(-c2ccc(Cl)cc2)n1)C(=O)NCc1ccccc1. The standard InChI is InChI=1S/C19H19ClN4O2/c1-24(19(25)21-13-14-5-3-2-4-6-14)12-11-17-22-18(26-23-17)15-7-9-16(20)10-8-15/h2-10H,11-13H2,1H3,(H,21,25). The van der Waals surface area contributed by atoms with Crippen LogP contribution in [0.2, 0.25) is 5.02 Å². The van der Waals surface area contributed by atoms with E-state index in [1.807, 2.05) is 42.5 Å². The lowest BCUT2D eigenvalue weighted by Gasteiger charge is -2.17. The molecule has 6 nitrogen and oxygen atoms in total. The van der Waals surface area contributed by atoms with Crippen molar-refractivity contribution in [3.05, 3.63) is 71.0 Å². The van der Waals surface area contributed by atoms with Crippen LogP contribution in [0.25, 0.3) is 11.5 Å². The van der Waals surface area contributed by atoms with Gasteiger partial charge in [0.05, 0.1) is 0 Å². The van der Waals surface area contributed by atoms with Crippen molar-refractivity contribution in [3.63, 3.8) is 0 Å². The first-order chi connectivity index (χ1) is 12.6. The molecule has 7 heteroatoms. The number of aromatic nitrogens is 2. The van der Waals surface area contributed by atoms with Crippen LogP contribution in [-0.4, -0.2) is 34.7 Å². The summed E-state index contributed by atoms with van der Waals surface area (Å²) in [5.41, 5.74) is 1.86. The Labute approximate surface area is 156 Å². The van der Waals surface area contributed by atoms with E-state index in [1.54, 1.807) is 24.1 Å². The van der Waals surface area contributed by atoms with Gasteiger partial charge in [0.1, 0.15) is 0 Å². The minimum atomic E-state index is -0.143. The number of likely N-dealkylation sites (N-methyl/N-ethyl adjacent to an activating group) is 1. The lowest BCUT2D eigenvalue weighted by atomic mass is 10.2. The second-order valence-electron chi connectivity index (χ2n) is 5.84. The highest BCUT2D eigenvalue weighted by molar-refractivity contribution is 6.30. The fraction of sp³-hybridized carbons (Fsp3) is 0.211. The van der Waals surface area contributed by atoms with E-state index in [4.69, 9.17) is 16.1 Å². The maximum Gasteiger partial charge on any atom is 0.317 e. The summed E-state index contributed by atoms with van der Waals surface area (Å²) >= 11 is 5.87. The van der Waals surface area contributed by atoms with Gasteiger partial charge in [0, 0.05) is 37.1 Å². The summed E-state index contributed by atoms with van der Waals surface area (Å²) in [6, 6.07) is 16.8. The molecule has 0 aliphatic rings. The van der Waals surface area contributed by atoms with Gasteiger partial charge in [-0.3, -0.25) is 0 Å². The molecule has 0 radical (unpaired) electrons. The number of rotatable bonds is 6. The molecule has 1 N–H and O–H groups in total. The molecule has 0 saturated carbocycles. The van der Waals surface area contributed by atoms with E-state index in [-0.39, 0.29) is 6.03 Å². The molecule has 0 aliphatic heterocycles. The van der Waals surface area contributed by atoms with Gasteiger partial charge in [-0.15, -0.1) is 0 Å². The van der Waals surface area contributed by atoms with Crippen LogP contribution in [0.1, 0.15) is 11.4 Å². The number of carbonyl (C=O) groups is 1. The summed E-state index contributed by atoms with van der Waals surface area (Å²) in [6.45, 7) is 0.979. The summed E-state index contributed by atoms with van der Waals surface area (Å²) in [5.74, 6) is 0.991. The molecule has 134 valence electrons. The minimum absolute atomic E-state index is 0.143. The van der Waals surface area contributed by atoms with E-state index in [0.717, 1.165) is 11.1 Å². The normalized spacial score (nSPS) is 10.5. The highest BCUT2D eigenvalue weighted by atomic mass is 35.5.